The molecule has 8 heteroatoms. The van der Waals surface area contributed by atoms with E-state index in [4.69, 9.17) is 5.11 Å². The topological polar surface area (TPSA) is 107 Å². The van der Waals surface area contributed by atoms with E-state index in [0.717, 1.165) is 4.90 Å². The normalized spacial score (nSPS) is 16.7. The predicted molar refractivity (Wildman–Crippen MR) is 64.2 cm³/mol. The van der Waals surface area contributed by atoms with Gasteiger partial charge < -0.3 is 15.3 Å². The van der Waals surface area contributed by atoms with E-state index in [9.17, 15) is 19.2 Å². The predicted octanol–water partition coefficient (Wildman–Crippen LogP) is -0.893. The number of carboxylic acids is 1. The second-order valence-electron chi connectivity index (χ2n) is 4.50. The van der Waals surface area contributed by atoms with Gasteiger partial charge in [0.2, 0.25) is 5.91 Å². The molecule has 0 aromatic rings. The van der Waals surface area contributed by atoms with Crippen molar-refractivity contribution < 1.29 is 24.3 Å². The van der Waals surface area contributed by atoms with Gasteiger partial charge in [-0.05, 0) is 6.42 Å². The highest BCUT2D eigenvalue weighted by Crippen LogP contribution is 2.07. The molecule has 1 aliphatic rings. The van der Waals surface area contributed by atoms with Gasteiger partial charge in [-0.15, -0.1) is 0 Å². The number of nitrogens with one attached hydrogen (secondary N) is 1. The Morgan fingerprint density at radius 1 is 1.42 bits per heavy atom. The van der Waals surface area contributed by atoms with Crippen molar-refractivity contribution >= 4 is 23.8 Å². The Hall–Kier alpha value is -2.12. The van der Waals surface area contributed by atoms with Gasteiger partial charge in [-0.2, -0.15) is 0 Å². The minimum atomic E-state index is -0.930. The summed E-state index contributed by atoms with van der Waals surface area (Å²) in [5.74, 6) is -2.38. The highest BCUT2D eigenvalue weighted by Gasteiger charge is 2.34. The number of amides is 4. The van der Waals surface area contributed by atoms with Crippen LogP contribution in [0.5, 0.6) is 0 Å². The highest BCUT2D eigenvalue weighted by atomic mass is 16.4. The Morgan fingerprint density at radius 2 is 2.05 bits per heavy atom. The maximum Gasteiger partial charge on any atom is 0.327 e. The summed E-state index contributed by atoms with van der Waals surface area (Å²) in [6.07, 6.45) is 0.295. The molecule has 0 aromatic heterocycles. The minimum absolute atomic E-state index is 0.0256. The molecule has 0 aliphatic carbocycles. The Balaban J connectivity index is 2.34. The number of urea groups is 1. The van der Waals surface area contributed by atoms with Crippen LogP contribution in [0.3, 0.4) is 0 Å². The molecule has 0 aromatic carbocycles. The van der Waals surface area contributed by atoms with Crippen molar-refractivity contribution in [3.05, 3.63) is 0 Å². The first-order valence-electron chi connectivity index (χ1n) is 5.88. The van der Waals surface area contributed by atoms with Gasteiger partial charge >= 0.3 is 12.0 Å². The third-order valence-corrected chi connectivity index (χ3v) is 2.85. The van der Waals surface area contributed by atoms with Gasteiger partial charge in [0, 0.05) is 13.6 Å². The van der Waals surface area contributed by atoms with Crippen LogP contribution in [-0.4, -0.2) is 65.4 Å². The maximum atomic E-state index is 11.5. The van der Waals surface area contributed by atoms with E-state index in [2.05, 4.69) is 5.32 Å². The summed E-state index contributed by atoms with van der Waals surface area (Å²) in [6, 6.07) is -0.501. The molecule has 0 bridgehead atoms. The van der Waals surface area contributed by atoms with E-state index >= 15 is 0 Å². The number of rotatable bonds is 6. The third kappa shape index (κ3) is 3.94. The molecule has 0 spiro atoms. The minimum Gasteiger partial charge on any atom is -0.481 e. The van der Waals surface area contributed by atoms with E-state index in [0.29, 0.717) is 6.42 Å². The second kappa shape index (κ2) is 6.17. The molecule has 19 heavy (non-hydrogen) atoms. The molecular formula is C11H17N3O5. The standard InChI is InChI=1S/C11H17N3O5/c1-7(10(17)18)3-4-12-8(15)5-14-9(16)6-13(2)11(14)19/h7H,3-6H2,1-2H3,(H,12,15)(H,17,18). The molecule has 1 atom stereocenters. The molecule has 1 fully saturated rings. The van der Waals surface area contributed by atoms with E-state index in [1.807, 2.05) is 0 Å². The smallest absolute Gasteiger partial charge is 0.327 e. The first-order chi connectivity index (χ1) is 8.82. The Kier molecular flexibility index (Phi) is 4.85. The van der Waals surface area contributed by atoms with Crippen molar-refractivity contribution in [2.24, 2.45) is 5.92 Å². The lowest BCUT2D eigenvalue weighted by molar-refractivity contribution is -0.141. The van der Waals surface area contributed by atoms with Gasteiger partial charge in [0.05, 0.1) is 5.92 Å². The lowest BCUT2D eigenvalue weighted by Crippen LogP contribution is -2.41. The molecule has 4 amide bonds. The fourth-order valence-corrected chi connectivity index (χ4v) is 1.58. The quantitative estimate of drug-likeness (QED) is 0.609. The van der Waals surface area contributed by atoms with E-state index in [1.165, 1.54) is 18.9 Å². The zero-order valence-corrected chi connectivity index (χ0v) is 10.9. The van der Waals surface area contributed by atoms with Crippen LogP contribution < -0.4 is 5.32 Å². The Morgan fingerprint density at radius 3 is 2.53 bits per heavy atom. The van der Waals surface area contributed by atoms with Crippen LogP contribution in [0.1, 0.15) is 13.3 Å². The molecule has 1 aliphatic heterocycles. The summed E-state index contributed by atoms with van der Waals surface area (Å²) in [6.45, 7) is 1.38. The van der Waals surface area contributed by atoms with E-state index in [1.54, 1.807) is 0 Å². The van der Waals surface area contributed by atoms with Gasteiger partial charge in [-0.3, -0.25) is 19.3 Å². The van der Waals surface area contributed by atoms with E-state index in [-0.39, 0.29) is 19.6 Å². The van der Waals surface area contributed by atoms with Gasteiger partial charge in [-0.25, -0.2) is 4.79 Å². The number of carbonyl (C=O) groups excluding carboxylic acids is 3. The fraction of sp³-hybridized carbons (Fsp3) is 0.636. The SMILES string of the molecule is CC(CCNC(=O)CN1C(=O)CN(C)C1=O)C(=O)O. The molecule has 0 radical (unpaired) electrons. The summed E-state index contributed by atoms with van der Waals surface area (Å²) < 4.78 is 0. The maximum absolute atomic E-state index is 11.5. The number of aliphatic carboxylic acids is 1. The van der Waals surface area contributed by atoms with Crippen molar-refractivity contribution in [1.82, 2.24) is 15.1 Å². The lowest BCUT2D eigenvalue weighted by Gasteiger charge is -2.14. The first kappa shape index (κ1) is 14.9. The molecule has 2 N–H and O–H groups in total. The van der Waals surface area contributed by atoms with Gasteiger partial charge in [0.15, 0.2) is 0 Å². The lowest BCUT2D eigenvalue weighted by atomic mass is 10.1. The van der Waals surface area contributed by atoms with Crippen molar-refractivity contribution in [1.29, 1.82) is 0 Å². The highest BCUT2D eigenvalue weighted by molar-refractivity contribution is 6.04. The first-order valence-corrected chi connectivity index (χ1v) is 5.88. The average molecular weight is 271 g/mol. The van der Waals surface area contributed by atoms with Crippen molar-refractivity contribution in [2.75, 3.05) is 26.7 Å². The van der Waals surface area contributed by atoms with Crippen LogP contribution in [0, 0.1) is 5.92 Å². The summed E-state index contributed by atoms with van der Waals surface area (Å²) >= 11 is 0. The monoisotopic (exact) mass is 271 g/mol. The van der Waals surface area contributed by atoms with Crippen LogP contribution in [0.4, 0.5) is 4.79 Å². The fourth-order valence-electron chi connectivity index (χ4n) is 1.58. The van der Waals surface area contributed by atoms with Crippen LogP contribution in [-0.2, 0) is 14.4 Å². The number of likely N-dealkylation sites (N-methyl/N-ethyl adjacent to an activating group) is 1. The molecule has 1 unspecified atom stereocenters. The van der Waals surface area contributed by atoms with Gasteiger partial charge in [0.1, 0.15) is 13.1 Å². The molecule has 0 saturated carbocycles. The van der Waals surface area contributed by atoms with Crippen LogP contribution >= 0.6 is 0 Å². The molecule has 106 valence electrons. The number of carboxylic acid groups (broad SMARTS) is 1. The van der Waals surface area contributed by atoms with Crippen LogP contribution in [0.15, 0.2) is 0 Å². The van der Waals surface area contributed by atoms with Crippen LogP contribution in [0.25, 0.3) is 0 Å². The molecular weight excluding hydrogens is 254 g/mol. The number of carbonyl (C=O) groups is 4. The Bertz CT molecular complexity index is 409. The van der Waals surface area contributed by atoms with Gasteiger partial charge in [-0.1, -0.05) is 6.92 Å². The molecule has 8 nitrogen and oxygen atoms in total. The van der Waals surface area contributed by atoms with Crippen molar-refractivity contribution in [3.63, 3.8) is 0 Å². The summed E-state index contributed by atoms with van der Waals surface area (Å²) in [7, 11) is 1.48. The zero-order valence-electron chi connectivity index (χ0n) is 10.9. The number of hydrogen-bond donors (Lipinski definition) is 2. The second-order valence-corrected chi connectivity index (χ2v) is 4.50. The summed E-state index contributed by atoms with van der Waals surface area (Å²) in [5.41, 5.74) is 0. The van der Waals surface area contributed by atoms with Crippen molar-refractivity contribution in [2.45, 2.75) is 13.3 Å². The van der Waals surface area contributed by atoms with Crippen molar-refractivity contribution in [3.8, 4) is 0 Å². The molecule has 1 saturated heterocycles. The number of imide groups is 1. The largest absolute Gasteiger partial charge is 0.481 e. The Labute approximate surface area is 110 Å². The average Bonchev–Trinajstić information content (AvgIpc) is 2.55. The van der Waals surface area contributed by atoms with Crippen LogP contribution in [0.2, 0.25) is 0 Å². The van der Waals surface area contributed by atoms with E-state index < -0.39 is 29.7 Å². The third-order valence-electron chi connectivity index (χ3n) is 2.85. The molecule has 1 rings (SSSR count). The molecule has 1 heterocycles. The summed E-state index contributed by atoms with van der Waals surface area (Å²) in [5, 5.41) is 11.1. The number of hydrogen-bond acceptors (Lipinski definition) is 4. The van der Waals surface area contributed by atoms with Gasteiger partial charge in [0.25, 0.3) is 5.91 Å². The summed E-state index contributed by atoms with van der Waals surface area (Å²) in [4.78, 5) is 47.1. The number of nitrogens with zero attached hydrogens (tertiary/aromatic N) is 2. The zero-order chi connectivity index (χ0) is 14.6.